The van der Waals surface area contributed by atoms with Gasteiger partial charge < -0.3 is 5.32 Å². The molecule has 0 fully saturated rings. The van der Waals surface area contributed by atoms with Gasteiger partial charge in [0.15, 0.2) is 5.65 Å². The van der Waals surface area contributed by atoms with E-state index in [1.807, 2.05) is 0 Å². The van der Waals surface area contributed by atoms with Gasteiger partial charge in [0.05, 0.1) is 21.7 Å². The summed E-state index contributed by atoms with van der Waals surface area (Å²) in [5.74, 6) is -0.833. The molecule has 0 aliphatic heterocycles. The molecule has 11 heteroatoms. The monoisotopic (exact) mass is 427 g/mol. The molecule has 0 aliphatic carbocycles. The van der Waals surface area contributed by atoms with Crippen LogP contribution < -0.4 is 5.32 Å². The van der Waals surface area contributed by atoms with Gasteiger partial charge in [-0.15, -0.1) is 0 Å². The highest BCUT2D eigenvalue weighted by Crippen LogP contribution is 2.28. The number of halogens is 1. The van der Waals surface area contributed by atoms with Crippen LogP contribution in [-0.4, -0.2) is 27.3 Å². The number of nitrogens with one attached hydrogen (secondary N) is 1. The number of nitro groups is 1. The number of nitrogens with zero attached hydrogens (tertiary/aromatic N) is 4. The Labute approximate surface area is 170 Å². The summed E-state index contributed by atoms with van der Waals surface area (Å²) in [6.45, 7) is 0. The second-order valence-electron chi connectivity index (χ2n) is 6.36. The summed E-state index contributed by atoms with van der Waals surface area (Å²) in [4.78, 5) is 18.4. The predicted octanol–water partition coefficient (Wildman–Crippen LogP) is 3.60. The predicted molar refractivity (Wildman–Crippen MR) is 108 cm³/mol. The average Bonchev–Trinajstić information content (AvgIpc) is 3.16. The Morgan fingerprint density at radius 1 is 1.10 bits per heavy atom. The largest absolute Gasteiger partial charge is 0.337 e. The number of non-ortho nitro benzene ring substituents is 1. The maximum atomic E-state index is 14.1. The number of anilines is 2. The second-order valence-corrected chi connectivity index (χ2v) is 8.21. The summed E-state index contributed by atoms with van der Waals surface area (Å²) in [5.41, 5.74) is 0.260. The van der Waals surface area contributed by atoms with Crippen LogP contribution in [0.2, 0.25) is 0 Å². The maximum absolute atomic E-state index is 14.1. The van der Waals surface area contributed by atoms with Crippen molar-refractivity contribution in [1.29, 1.82) is 0 Å². The minimum Gasteiger partial charge on any atom is -0.337 e. The number of aromatic nitrogens is 3. The van der Waals surface area contributed by atoms with E-state index >= 15 is 0 Å². The van der Waals surface area contributed by atoms with Crippen molar-refractivity contribution in [2.45, 2.75) is 5.75 Å². The number of hydrogen-bond donors (Lipinski definition) is 1. The van der Waals surface area contributed by atoms with Gasteiger partial charge >= 0.3 is 0 Å². The summed E-state index contributed by atoms with van der Waals surface area (Å²) in [7, 11) is -3.78. The molecule has 0 bridgehead atoms. The van der Waals surface area contributed by atoms with E-state index in [9.17, 15) is 22.9 Å². The van der Waals surface area contributed by atoms with Crippen molar-refractivity contribution in [1.82, 2.24) is 13.9 Å². The molecule has 0 spiro atoms. The second kappa shape index (κ2) is 7.52. The van der Waals surface area contributed by atoms with Gasteiger partial charge in [-0.25, -0.2) is 26.7 Å². The first-order valence-corrected chi connectivity index (χ1v) is 10.3. The highest BCUT2D eigenvalue weighted by atomic mass is 32.2. The maximum Gasteiger partial charge on any atom is 0.271 e. The van der Waals surface area contributed by atoms with Crippen LogP contribution in [-0.2, 0) is 15.8 Å². The van der Waals surface area contributed by atoms with E-state index in [1.165, 1.54) is 12.3 Å². The Hall–Kier alpha value is -3.86. The van der Waals surface area contributed by atoms with E-state index in [4.69, 9.17) is 0 Å². The van der Waals surface area contributed by atoms with Gasteiger partial charge in [-0.05, 0) is 17.7 Å². The molecule has 0 atom stereocenters. The van der Waals surface area contributed by atoms with Crippen LogP contribution in [0.1, 0.15) is 5.56 Å². The number of rotatable bonds is 6. The van der Waals surface area contributed by atoms with Crippen molar-refractivity contribution in [3.05, 3.63) is 88.6 Å². The Morgan fingerprint density at radius 2 is 1.87 bits per heavy atom. The van der Waals surface area contributed by atoms with Crippen molar-refractivity contribution in [3.63, 3.8) is 0 Å². The van der Waals surface area contributed by atoms with Crippen molar-refractivity contribution < 1.29 is 17.7 Å². The first-order chi connectivity index (χ1) is 14.3. The lowest BCUT2D eigenvalue weighted by atomic mass is 10.2. The summed E-state index contributed by atoms with van der Waals surface area (Å²) >= 11 is 0. The van der Waals surface area contributed by atoms with Crippen LogP contribution in [0, 0.1) is 15.9 Å². The first kappa shape index (κ1) is 19.5. The van der Waals surface area contributed by atoms with Crippen LogP contribution in [0.3, 0.4) is 0 Å². The molecule has 0 radical (unpaired) electrons. The SMILES string of the molecule is O=[N+]([O-])c1ccc(F)c(Nc2ncnc3c2ccn3S(=O)(=O)Cc2ccccc2)c1. The zero-order valence-corrected chi connectivity index (χ0v) is 16.1. The topological polar surface area (TPSA) is 120 Å². The summed E-state index contributed by atoms with van der Waals surface area (Å²) < 4.78 is 40.9. The van der Waals surface area contributed by atoms with E-state index in [2.05, 4.69) is 15.3 Å². The number of fused-ring (bicyclic) bond motifs is 1. The Morgan fingerprint density at radius 3 is 2.60 bits per heavy atom. The molecular formula is C19H14FN5O4S. The molecule has 0 saturated carbocycles. The van der Waals surface area contributed by atoms with E-state index in [-0.39, 0.29) is 28.6 Å². The molecule has 4 aromatic rings. The van der Waals surface area contributed by atoms with Crippen molar-refractivity contribution in [2.75, 3.05) is 5.32 Å². The number of benzene rings is 2. The van der Waals surface area contributed by atoms with Gasteiger partial charge in [0.1, 0.15) is 18.0 Å². The number of nitro benzene ring substituents is 1. The number of hydrogen-bond acceptors (Lipinski definition) is 7. The molecule has 9 nitrogen and oxygen atoms in total. The fraction of sp³-hybridized carbons (Fsp3) is 0.0526. The van der Waals surface area contributed by atoms with E-state index < -0.39 is 20.8 Å². The lowest BCUT2D eigenvalue weighted by Crippen LogP contribution is -2.14. The Bertz CT molecular complexity index is 1360. The van der Waals surface area contributed by atoms with Gasteiger partial charge in [0, 0.05) is 18.3 Å². The van der Waals surface area contributed by atoms with Crippen LogP contribution in [0.15, 0.2) is 67.1 Å². The van der Waals surface area contributed by atoms with Gasteiger partial charge in [-0.3, -0.25) is 10.1 Å². The smallest absolute Gasteiger partial charge is 0.271 e. The van der Waals surface area contributed by atoms with Crippen LogP contribution in [0.25, 0.3) is 11.0 Å². The molecular weight excluding hydrogens is 413 g/mol. The van der Waals surface area contributed by atoms with Crippen molar-refractivity contribution in [3.8, 4) is 0 Å². The molecule has 152 valence electrons. The third-order valence-electron chi connectivity index (χ3n) is 4.35. The quantitative estimate of drug-likeness (QED) is 0.369. The van der Waals surface area contributed by atoms with E-state index in [1.54, 1.807) is 30.3 Å². The summed E-state index contributed by atoms with van der Waals surface area (Å²) in [6, 6.07) is 13.2. The van der Waals surface area contributed by atoms with Crippen molar-refractivity contribution in [2.24, 2.45) is 0 Å². The van der Waals surface area contributed by atoms with Gasteiger partial charge in [-0.2, -0.15) is 0 Å². The van der Waals surface area contributed by atoms with E-state index in [0.717, 1.165) is 28.5 Å². The lowest BCUT2D eigenvalue weighted by molar-refractivity contribution is -0.384. The van der Waals surface area contributed by atoms with Gasteiger partial charge in [0.2, 0.25) is 10.0 Å². The van der Waals surface area contributed by atoms with Crippen LogP contribution in [0.4, 0.5) is 21.6 Å². The minimum absolute atomic E-state index is 0.106. The molecule has 2 aromatic carbocycles. The highest BCUT2D eigenvalue weighted by molar-refractivity contribution is 7.89. The molecule has 30 heavy (non-hydrogen) atoms. The fourth-order valence-corrected chi connectivity index (χ4v) is 4.36. The molecule has 2 aromatic heterocycles. The third-order valence-corrected chi connectivity index (χ3v) is 5.95. The molecule has 2 heterocycles. The van der Waals surface area contributed by atoms with Crippen LogP contribution in [0.5, 0.6) is 0 Å². The minimum atomic E-state index is -3.78. The molecule has 0 aliphatic rings. The van der Waals surface area contributed by atoms with Gasteiger partial charge in [-0.1, -0.05) is 30.3 Å². The molecule has 0 unspecified atom stereocenters. The third kappa shape index (κ3) is 3.70. The summed E-state index contributed by atoms with van der Waals surface area (Å²) in [5, 5.41) is 14.0. The zero-order valence-electron chi connectivity index (χ0n) is 15.3. The zero-order chi connectivity index (χ0) is 21.3. The Kier molecular flexibility index (Phi) is 4.88. The molecule has 1 N–H and O–H groups in total. The molecule has 4 rings (SSSR count). The highest BCUT2D eigenvalue weighted by Gasteiger charge is 2.20. The molecule has 0 amide bonds. The first-order valence-electron chi connectivity index (χ1n) is 8.65. The van der Waals surface area contributed by atoms with Crippen LogP contribution >= 0.6 is 0 Å². The molecule has 0 saturated heterocycles. The normalized spacial score (nSPS) is 11.5. The lowest BCUT2D eigenvalue weighted by Gasteiger charge is -2.09. The van der Waals surface area contributed by atoms with Crippen molar-refractivity contribution >= 4 is 38.2 Å². The standard InChI is InChI=1S/C19H14FN5O4S/c20-16-7-6-14(25(26)27)10-17(16)23-18-15-8-9-24(19(15)22-12-21-18)30(28,29)11-13-4-2-1-3-5-13/h1-10,12H,11H2,(H,21,22,23). The van der Waals surface area contributed by atoms with E-state index in [0.29, 0.717) is 10.9 Å². The Balaban J connectivity index is 1.73. The average molecular weight is 427 g/mol. The fourth-order valence-electron chi connectivity index (χ4n) is 2.96. The summed E-state index contributed by atoms with van der Waals surface area (Å²) in [6.07, 6.45) is 2.47. The van der Waals surface area contributed by atoms with Gasteiger partial charge in [0.25, 0.3) is 5.69 Å².